The summed E-state index contributed by atoms with van der Waals surface area (Å²) in [6.45, 7) is 1.31. The molecule has 1 saturated heterocycles. The third kappa shape index (κ3) is 4.35. The van der Waals surface area contributed by atoms with Crippen LogP contribution in [0.2, 0.25) is 0 Å². The molecule has 2 aromatic rings. The van der Waals surface area contributed by atoms with Crippen LogP contribution >= 0.6 is 0 Å². The number of aryl methyl sites for hydroxylation is 1. The lowest BCUT2D eigenvalue weighted by molar-refractivity contribution is -0.121. The van der Waals surface area contributed by atoms with Crippen LogP contribution in [0.15, 0.2) is 28.8 Å². The van der Waals surface area contributed by atoms with Gasteiger partial charge >= 0.3 is 0 Å². The van der Waals surface area contributed by atoms with Crippen molar-refractivity contribution in [2.24, 2.45) is 0 Å². The Morgan fingerprint density at radius 3 is 3.13 bits per heavy atom. The van der Waals surface area contributed by atoms with Crippen LogP contribution < -0.4 is 5.32 Å². The van der Waals surface area contributed by atoms with E-state index in [9.17, 15) is 9.18 Å². The molecule has 0 saturated carbocycles. The maximum atomic E-state index is 13.2. The molecular weight excluding hydrogens is 301 g/mol. The summed E-state index contributed by atoms with van der Waals surface area (Å²) in [7, 11) is 0. The van der Waals surface area contributed by atoms with Crippen LogP contribution in [0.1, 0.15) is 25.2 Å². The van der Waals surface area contributed by atoms with Gasteiger partial charge in [-0.05, 0) is 25.0 Å². The van der Waals surface area contributed by atoms with Gasteiger partial charge in [0.1, 0.15) is 5.82 Å². The first-order valence-electron chi connectivity index (χ1n) is 7.67. The Hall–Kier alpha value is -2.28. The van der Waals surface area contributed by atoms with Crippen LogP contribution in [-0.4, -0.2) is 35.3 Å². The maximum Gasteiger partial charge on any atom is 0.227 e. The Bertz CT molecular complexity index is 668. The normalized spacial score (nSPS) is 17.3. The molecule has 1 atom stereocenters. The number of benzene rings is 1. The fourth-order valence-corrected chi connectivity index (χ4v) is 2.44. The van der Waals surface area contributed by atoms with E-state index in [1.807, 2.05) is 0 Å². The van der Waals surface area contributed by atoms with Gasteiger partial charge in [0, 0.05) is 31.6 Å². The molecule has 1 aromatic heterocycles. The molecule has 2 heterocycles. The highest BCUT2D eigenvalue weighted by Gasteiger charge is 2.16. The maximum absolute atomic E-state index is 13.2. The summed E-state index contributed by atoms with van der Waals surface area (Å²) in [5, 5.41) is 6.65. The minimum Gasteiger partial charge on any atom is -0.376 e. The van der Waals surface area contributed by atoms with Gasteiger partial charge in [-0.15, -0.1) is 0 Å². The van der Waals surface area contributed by atoms with Crippen molar-refractivity contribution in [2.45, 2.75) is 31.8 Å². The third-order valence-electron chi connectivity index (χ3n) is 3.67. The van der Waals surface area contributed by atoms with Crippen molar-refractivity contribution in [3.8, 4) is 11.4 Å². The lowest BCUT2D eigenvalue weighted by atomic mass is 10.2. The molecule has 1 fully saturated rings. The third-order valence-corrected chi connectivity index (χ3v) is 3.67. The van der Waals surface area contributed by atoms with Crippen LogP contribution in [0.4, 0.5) is 4.39 Å². The number of aromatic nitrogens is 2. The molecule has 23 heavy (non-hydrogen) atoms. The van der Waals surface area contributed by atoms with Gasteiger partial charge in [-0.1, -0.05) is 17.3 Å². The van der Waals surface area contributed by atoms with Gasteiger partial charge in [-0.25, -0.2) is 4.39 Å². The second-order valence-corrected chi connectivity index (χ2v) is 5.46. The minimum absolute atomic E-state index is 0.0778. The average molecular weight is 319 g/mol. The second-order valence-electron chi connectivity index (χ2n) is 5.46. The molecule has 0 bridgehead atoms. The van der Waals surface area contributed by atoms with Gasteiger partial charge in [-0.3, -0.25) is 4.79 Å². The number of carbonyl (C=O) groups is 1. The van der Waals surface area contributed by atoms with Crippen molar-refractivity contribution in [2.75, 3.05) is 13.2 Å². The molecule has 1 aromatic carbocycles. The van der Waals surface area contributed by atoms with Gasteiger partial charge in [0.05, 0.1) is 6.10 Å². The van der Waals surface area contributed by atoms with Crippen molar-refractivity contribution < 1.29 is 18.4 Å². The van der Waals surface area contributed by atoms with E-state index < -0.39 is 0 Å². The van der Waals surface area contributed by atoms with Gasteiger partial charge in [0.15, 0.2) is 0 Å². The van der Waals surface area contributed by atoms with Crippen LogP contribution in [-0.2, 0) is 16.0 Å². The predicted molar refractivity (Wildman–Crippen MR) is 80.0 cm³/mol. The Kier molecular flexibility index (Phi) is 4.97. The van der Waals surface area contributed by atoms with Crippen LogP contribution in [0, 0.1) is 5.82 Å². The first-order valence-corrected chi connectivity index (χ1v) is 7.67. The molecule has 1 amide bonds. The molecule has 6 nitrogen and oxygen atoms in total. The van der Waals surface area contributed by atoms with Crippen molar-refractivity contribution in [1.29, 1.82) is 0 Å². The van der Waals surface area contributed by atoms with E-state index in [1.54, 1.807) is 12.1 Å². The number of carbonyl (C=O) groups excluding carboxylic acids is 1. The zero-order valence-corrected chi connectivity index (χ0v) is 12.6. The molecule has 0 unspecified atom stereocenters. The highest BCUT2D eigenvalue weighted by molar-refractivity contribution is 5.76. The highest BCUT2D eigenvalue weighted by atomic mass is 19.1. The summed E-state index contributed by atoms with van der Waals surface area (Å²) in [4.78, 5) is 16.0. The van der Waals surface area contributed by atoms with Crippen molar-refractivity contribution >= 4 is 5.91 Å². The predicted octanol–water partition coefficient (Wildman–Crippen LogP) is 2.10. The molecule has 122 valence electrons. The van der Waals surface area contributed by atoms with Gasteiger partial charge in [0.2, 0.25) is 17.6 Å². The first kappa shape index (κ1) is 15.6. The molecule has 0 radical (unpaired) electrons. The second kappa shape index (κ2) is 7.32. The number of ether oxygens (including phenoxy) is 1. The van der Waals surface area contributed by atoms with Crippen LogP contribution in [0.25, 0.3) is 11.4 Å². The summed E-state index contributed by atoms with van der Waals surface area (Å²) >= 11 is 0. The molecule has 1 N–H and O–H groups in total. The van der Waals surface area contributed by atoms with Gasteiger partial charge in [-0.2, -0.15) is 4.98 Å². The van der Waals surface area contributed by atoms with E-state index in [0.29, 0.717) is 30.2 Å². The molecule has 7 heteroatoms. The Morgan fingerprint density at radius 1 is 1.43 bits per heavy atom. The fourth-order valence-electron chi connectivity index (χ4n) is 2.44. The van der Waals surface area contributed by atoms with Crippen molar-refractivity contribution in [3.63, 3.8) is 0 Å². The summed E-state index contributed by atoms with van der Waals surface area (Å²) in [6, 6.07) is 5.97. The summed E-state index contributed by atoms with van der Waals surface area (Å²) in [5.74, 6) is 0.240. The molecule has 0 spiro atoms. The number of nitrogens with zero attached hydrogens (tertiary/aromatic N) is 2. The molecular formula is C16H18FN3O3. The zero-order chi connectivity index (χ0) is 16.1. The summed E-state index contributed by atoms with van der Waals surface area (Å²) in [5.41, 5.74) is 0.544. The monoisotopic (exact) mass is 319 g/mol. The summed E-state index contributed by atoms with van der Waals surface area (Å²) in [6.07, 6.45) is 2.77. The lowest BCUT2D eigenvalue weighted by Gasteiger charge is -2.09. The molecule has 3 rings (SSSR count). The Labute approximate surface area is 133 Å². The first-order chi connectivity index (χ1) is 11.2. The minimum atomic E-state index is -0.359. The standard InChI is InChI=1S/C16H18FN3O3/c17-12-4-1-3-11(9-12)16-19-15(23-20-16)7-6-14(21)18-10-13-5-2-8-22-13/h1,3-4,9,13H,2,5-8,10H2,(H,18,21)/t13-/m1/s1. The number of halogens is 1. The lowest BCUT2D eigenvalue weighted by Crippen LogP contribution is -2.31. The van der Waals surface area contributed by atoms with Crippen molar-refractivity contribution in [3.05, 3.63) is 36.0 Å². The van der Waals surface area contributed by atoms with E-state index in [1.165, 1.54) is 12.1 Å². The topological polar surface area (TPSA) is 77.2 Å². The molecule has 0 aliphatic carbocycles. The average Bonchev–Trinajstić information content (AvgIpc) is 3.22. The number of nitrogens with one attached hydrogen (secondary N) is 1. The van der Waals surface area contributed by atoms with E-state index in [0.717, 1.165) is 19.4 Å². The number of hydrogen-bond donors (Lipinski definition) is 1. The number of hydrogen-bond acceptors (Lipinski definition) is 5. The smallest absolute Gasteiger partial charge is 0.227 e. The van der Waals surface area contributed by atoms with Crippen LogP contribution in [0.5, 0.6) is 0 Å². The number of amides is 1. The molecule has 1 aliphatic rings. The van der Waals surface area contributed by atoms with Crippen LogP contribution in [0.3, 0.4) is 0 Å². The Morgan fingerprint density at radius 2 is 2.35 bits per heavy atom. The van der Waals surface area contributed by atoms with E-state index in [-0.39, 0.29) is 24.2 Å². The van der Waals surface area contributed by atoms with Crippen molar-refractivity contribution in [1.82, 2.24) is 15.5 Å². The van der Waals surface area contributed by atoms with E-state index in [4.69, 9.17) is 9.26 Å². The number of rotatable bonds is 6. The Balaban J connectivity index is 1.48. The SMILES string of the molecule is O=C(CCc1nc(-c2cccc(F)c2)no1)NC[C@H]1CCCO1. The highest BCUT2D eigenvalue weighted by Crippen LogP contribution is 2.17. The zero-order valence-electron chi connectivity index (χ0n) is 12.6. The quantitative estimate of drug-likeness (QED) is 0.882. The van der Waals surface area contributed by atoms with E-state index in [2.05, 4.69) is 15.5 Å². The van der Waals surface area contributed by atoms with Gasteiger partial charge in [0.25, 0.3) is 0 Å². The fraction of sp³-hybridized carbons (Fsp3) is 0.438. The largest absolute Gasteiger partial charge is 0.376 e. The molecule has 1 aliphatic heterocycles. The van der Waals surface area contributed by atoms with Gasteiger partial charge < -0.3 is 14.6 Å². The summed E-state index contributed by atoms with van der Waals surface area (Å²) < 4.78 is 23.7. The van der Waals surface area contributed by atoms with E-state index >= 15 is 0 Å².